The molecule has 0 heterocycles. The Balaban J connectivity index is 1.91. The molecule has 2 aromatic carbocycles. The molecule has 0 fully saturated rings. The molecule has 0 unspecified atom stereocenters. The van der Waals surface area contributed by atoms with Gasteiger partial charge in [0.2, 0.25) is 0 Å². The summed E-state index contributed by atoms with van der Waals surface area (Å²) in [5.74, 6) is 0.874. The molecule has 2 N–H and O–H groups in total. The van der Waals surface area contributed by atoms with Gasteiger partial charge in [0, 0.05) is 12.2 Å². The average Bonchev–Trinajstić information content (AvgIpc) is 2.68. The zero-order valence-electron chi connectivity index (χ0n) is 15.3. The van der Waals surface area contributed by atoms with Crippen LogP contribution in [0.15, 0.2) is 36.4 Å². The van der Waals surface area contributed by atoms with Crippen LogP contribution in [-0.2, 0) is 11.2 Å². The van der Waals surface area contributed by atoms with Crippen LogP contribution in [0.25, 0.3) is 0 Å². The van der Waals surface area contributed by atoms with Gasteiger partial charge in [-0.1, -0.05) is 17.7 Å². The van der Waals surface area contributed by atoms with E-state index in [2.05, 4.69) is 10.6 Å². The molecule has 8 heteroatoms. The Bertz CT molecular complexity index is 829. The molecule has 6 nitrogen and oxygen atoms in total. The second-order valence-corrected chi connectivity index (χ2v) is 6.32. The largest absolute Gasteiger partial charge is 0.493 e. The van der Waals surface area contributed by atoms with Gasteiger partial charge in [-0.2, -0.15) is 0 Å². The number of nitrogens with one attached hydrogen (secondary N) is 2. The van der Waals surface area contributed by atoms with Crippen LogP contribution in [0.5, 0.6) is 11.5 Å². The van der Waals surface area contributed by atoms with E-state index in [-0.39, 0.29) is 5.56 Å². The fourth-order valence-electron chi connectivity index (χ4n) is 2.40. The van der Waals surface area contributed by atoms with Crippen molar-refractivity contribution < 1.29 is 19.0 Å². The summed E-state index contributed by atoms with van der Waals surface area (Å²) in [7, 11) is 4.51. The first kappa shape index (κ1) is 20.8. The van der Waals surface area contributed by atoms with Gasteiger partial charge in [0.1, 0.15) is 0 Å². The van der Waals surface area contributed by atoms with E-state index in [1.165, 1.54) is 7.11 Å². The average molecular weight is 409 g/mol. The highest BCUT2D eigenvalue weighted by Gasteiger charge is 2.12. The van der Waals surface area contributed by atoms with Gasteiger partial charge in [0.25, 0.3) is 0 Å². The number of carbonyl (C=O) groups excluding carboxylic acids is 1. The maximum absolute atomic E-state index is 11.7. The molecule has 0 spiro atoms. The number of hydrogen-bond acceptors (Lipinski definition) is 5. The lowest BCUT2D eigenvalue weighted by Gasteiger charge is -2.13. The first-order valence-electron chi connectivity index (χ1n) is 8.12. The van der Waals surface area contributed by atoms with Crippen molar-refractivity contribution in [1.29, 1.82) is 0 Å². The van der Waals surface area contributed by atoms with Crippen LogP contribution in [0.2, 0.25) is 5.02 Å². The Labute approximate surface area is 168 Å². The van der Waals surface area contributed by atoms with Crippen LogP contribution in [0, 0.1) is 0 Å². The number of thiocarbonyl (C=S) groups is 1. The van der Waals surface area contributed by atoms with Crippen molar-refractivity contribution in [2.75, 3.05) is 33.2 Å². The molecular weight excluding hydrogens is 388 g/mol. The van der Waals surface area contributed by atoms with Crippen molar-refractivity contribution in [2.24, 2.45) is 0 Å². The summed E-state index contributed by atoms with van der Waals surface area (Å²) in [5, 5.41) is 6.90. The van der Waals surface area contributed by atoms with Gasteiger partial charge in [-0.25, -0.2) is 4.79 Å². The van der Waals surface area contributed by atoms with E-state index in [0.717, 1.165) is 12.0 Å². The number of halogens is 1. The lowest BCUT2D eigenvalue weighted by molar-refractivity contribution is 0.0601. The summed E-state index contributed by atoms with van der Waals surface area (Å²) in [6, 6.07) is 10.7. The number of rotatable bonds is 7. The molecule has 0 bridgehead atoms. The summed E-state index contributed by atoms with van der Waals surface area (Å²) in [4.78, 5) is 11.7. The lowest BCUT2D eigenvalue weighted by Crippen LogP contribution is -2.30. The number of hydrogen-bond donors (Lipinski definition) is 2. The second kappa shape index (κ2) is 9.99. The van der Waals surface area contributed by atoms with Crippen LogP contribution in [0.3, 0.4) is 0 Å². The molecule has 0 aliphatic rings. The first-order chi connectivity index (χ1) is 13.0. The molecule has 0 aromatic heterocycles. The Morgan fingerprint density at radius 3 is 2.48 bits per heavy atom. The molecule has 0 amide bonds. The standard InChI is InChI=1S/C19H21ClN2O4S/c1-24-16-7-4-12(10-17(16)25-2)8-9-21-19(27)22-13-5-6-15(20)14(11-13)18(23)26-3/h4-7,10-11H,8-9H2,1-3H3,(H2,21,22,27). The maximum Gasteiger partial charge on any atom is 0.339 e. The van der Waals surface area contributed by atoms with Gasteiger partial charge in [-0.05, 0) is 54.5 Å². The van der Waals surface area contributed by atoms with E-state index >= 15 is 0 Å². The summed E-state index contributed by atoms with van der Waals surface area (Å²) >= 11 is 11.3. The molecule has 0 aliphatic heterocycles. The predicted octanol–water partition coefficient (Wildman–Crippen LogP) is 3.67. The monoisotopic (exact) mass is 408 g/mol. The van der Waals surface area contributed by atoms with Gasteiger partial charge >= 0.3 is 5.97 Å². The third-order valence-corrected chi connectivity index (χ3v) is 4.35. The summed E-state index contributed by atoms with van der Waals surface area (Å²) in [6.07, 6.45) is 0.746. The molecule has 0 atom stereocenters. The third kappa shape index (κ3) is 5.74. The smallest absolute Gasteiger partial charge is 0.339 e. The molecule has 0 saturated heterocycles. The molecule has 2 rings (SSSR count). The summed E-state index contributed by atoms with van der Waals surface area (Å²) < 4.78 is 15.2. The zero-order valence-corrected chi connectivity index (χ0v) is 16.9. The van der Waals surface area contributed by atoms with Gasteiger partial charge in [-0.15, -0.1) is 0 Å². The summed E-state index contributed by atoms with van der Waals surface area (Å²) in [5.41, 5.74) is 2.00. The van der Waals surface area contributed by atoms with Crippen LogP contribution in [0.4, 0.5) is 5.69 Å². The number of ether oxygens (including phenoxy) is 3. The maximum atomic E-state index is 11.7. The highest BCUT2D eigenvalue weighted by atomic mass is 35.5. The van der Waals surface area contributed by atoms with Crippen LogP contribution < -0.4 is 20.1 Å². The van der Waals surface area contributed by atoms with E-state index in [9.17, 15) is 4.79 Å². The zero-order chi connectivity index (χ0) is 19.8. The molecule has 0 saturated carbocycles. The summed E-state index contributed by atoms with van der Waals surface area (Å²) in [6.45, 7) is 0.624. The molecule has 0 radical (unpaired) electrons. The van der Waals surface area contributed by atoms with E-state index in [1.54, 1.807) is 32.4 Å². The Morgan fingerprint density at radius 2 is 1.81 bits per heavy atom. The molecule has 2 aromatic rings. The second-order valence-electron chi connectivity index (χ2n) is 5.51. The third-order valence-electron chi connectivity index (χ3n) is 3.78. The van der Waals surface area contributed by atoms with Crippen molar-refractivity contribution in [3.63, 3.8) is 0 Å². The Hall–Kier alpha value is -2.51. The van der Waals surface area contributed by atoms with E-state index < -0.39 is 5.97 Å². The minimum Gasteiger partial charge on any atom is -0.493 e. The van der Waals surface area contributed by atoms with Crippen molar-refractivity contribution in [2.45, 2.75) is 6.42 Å². The molecular formula is C19H21ClN2O4S. The Kier molecular flexibility index (Phi) is 7.69. The number of carbonyl (C=O) groups is 1. The first-order valence-corrected chi connectivity index (χ1v) is 8.90. The van der Waals surface area contributed by atoms with Crippen LogP contribution in [0.1, 0.15) is 15.9 Å². The van der Waals surface area contributed by atoms with Gasteiger partial charge in [-0.3, -0.25) is 0 Å². The molecule has 144 valence electrons. The highest BCUT2D eigenvalue weighted by molar-refractivity contribution is 7.80. The van der Waals surface area contributed by atoms with Crippen LogP contribution >= 0.6 is 23.8 Å². The number of benzene rings is 2. The highest BCUT2D eigenvalue weighted by Crippen LogP contribution is 2.27. The normalized spacial score (nSPS) is 10.1. The minimum atomic E-state index is -0.504. The van der Waals surface area contributed by atoms with Gasteiger partial charge < -0.3 is 24.8 Å². The van der Waals surface area contributed by atoms with Crippen molar-refractivity contribution in [3.8, 4) is 11.5 Å². The number of methoxy groups -OCH3 is 3. The van der Waals surface area contributed by atoms with E-state index in [4.69, 9.17) is 38.0 Å². The Morgan fingerprint density at radius 1 is 1.07 bits per heavy atom. The van der Waals surface area contributed by atoms with Crippen molar-refractivity contribution in [3.05, 3.63) is 52.5 Å². The SMILES string of the molecule is COC(=O)c1cc(NC(=S)NCCc2ccc(OC)c(OC)c2)ccc1Cl. The van der Waals surface area contributed by atoms with E-state index in [1.807, 2.05) is 18.2 Å². The number of anilines is 1. The molecule has 0 aliphatic carbocycles. The quantitative estimate of drug-likeness (QED) is 0.535. The van der Waals surface area contributed by atoms with E-state index in [0.29, 0.717) is 33.9 Å². The van der Waals surface area contributed by atoms with Crippen molar-refractivity contribution in [1.82, 2.24) is 5.32 Å². The topological polar surface area (TPSA) is 68.8 Å². The lowest BCUT2D eigenvalue weighted by atomic mass is 10.1. The fourth-order valence-corrected chi connectivity index (χ4v) is 2.82. The van der Waals surface area contributed by atoms with Crippen LogP contribution in [-0.4, -0.2) is 39.0 Å². The number of esters is 1. The minimum absolute atomic E-state index is 0.275. The molecule has 27 heavy (non-hydrogen) atoms. The fraction of sp³-hybridized carbons (Fsp3) is 0.263. The van der Waals surface area contributed by atoms with Gasteiger partial charge in [0.15, 0.2) is 16.6 Å². The predicted molar refractivity (Wildman–Crippen MR) is 110 cm³/mol. The van der Waals surface area contributed by atoms with Gasteiger partial charge in [0.05, 0.1) is 31.9 Å². The van der Waals surface area contributed by atoms with Crippen molar-refractivity contribution >= 4 is 40.6 Å².